The predicted octanol–water partition coefficient (Wildman–Crippen LogP) is 2.01. The molecule has 1 saturated heterocycles. The van der Waals surface area contributed by atoms with E-state index in [0.717, 1.165) is 29.5 Å². The Morgan fingerprint density at radius 2 is 1.83 bits per heavy atom. The van der Waals surface area contributed by atoms with E-state index in [1.165, 1.54) is 6.42 Å². The van der Waals surface area contributed by atoms with Crippen molar-refractivity contribution >= 4 is 45.8 Å². The molecule has 1 saturated carbocycles. The highest BCUT2D eigenvalue weighted by Crippen LogP contribution is 2.52. The third kappa shape index (κ3) is 3.60. The Kier molecular flexibility index (Phi) is 5.96. The van der Waals surface area contributed by atoms with Crippen LogP contribution in [0.1, 0.15) is 48.8 Å². The lowest BCUT2D eigenvalue weighted by Gasteiger charge is -2.46. The molecule has 3 atom stereocenters. The number of carbonyl (C=O) groups is 3. The molecule has 6 N–H and O–H groups in total. The number of phenols is 1. The fourth-order valence-electron chi connectivity index (χ4n) is 6.17. The molecule has 5 rings (SSSR count). The zero-order chi connectivity index (χ0) is 25.2. The molecule has 0 aromatic heterocycles. The number of rotatable bonds is 3. The first-order chi connectivity index (χ1) is 16.6. The fraction of sp³-hybridized carbons (Fsp3) is 0.480. The number of aliphatic hydroxyl groups is 3. The number of primary amides is 1. The highest BCUT2D eigenvalue weighted by Gasteiger charge is 2.60. The molecule has 1 heterocycles. The van der Waals surface area contributed by atoms with Crippen LogP contribution in [0.15, 0.2) is 23.0 Å². The first-order valence-electron chi connectivity index (χ1n) is 11.8. The first kappa shape index (κ1) is 24.3. The van der Waals surface area contributed by atoms with Gasteiger partial charge >= 0.3 is 0 Å². The van der Waals surface area contributed by atoms with Gasteiger partial charge in [0.2, 0.25) is 5.78 Å². The highest BCUT2D eigenvalue weighted by atomic mass is 127. The Balaban J connectivity index is 1.62. The standard InChI is InChI=1S/C25H27IN2O7/c26-15-8-12(10-28-4-2-1-3-5-28)20(30)18-14(15)7-11-6-13-9-16(29)19(24(27)34)23(33)25(13,35)22(32)17(11)21(18)31/h8,11,13,30-31,33,35H,1-7,9-10H2,(H2,27,34). The van der Waals surface area contributed by atoms with Crippen LogP contribution in [-0.4, -0.2) is 61.5 Å². The van der Waals surface area contributed by atoms with Gasteiger partial charge in [-0.25, -0.2) is 0 Å². The molecule has 0 spiro atoms. The third-order valence-corrected chi connectivity index (χ3v) is 8.89. The third-order valence-electron chi connectivity index (χ3n) is 7.93. The Morgan fingerprint density at radius 1 is 1.14 bits per heavy atom. The van der Waals surface area contributed by atoms with Crippen LogP contribution in [0.4, 0.5) is 0 Å². The molecular formula is C25H27IN2O7. The first-order valence-corrected chi connectivity index (χ1v) is 12.9. The summed E-state index contributed by atoms with van der Waals surface area (Å²) in [5.41, 5.74) is 3.30. The van der Waals surface area contributed by atoms with Crippen LogP contribution in [0.5, 0.6) is 5.75 Å². The molecule has 3 unspecified atom stereocenters. The lowest BCUT2D eigenvalue weighted by atomic mass is 9.59. The Morgan fingerprint density at radius 3 is 2.49 bits per heavy atom. The van der Waals surface area contributed by atoms with E-state index < -0.39 is 52.0 Å². The number of Topliss-reactive ketones (excluding diaryl/α,β-unsaturated/α-hetero) is 2. The minimum absolute atomic E-state index is 0.104. The second kappa shape index (κ2) is 8.59. The topological polar surface area (TPSA) is 161 Å². The van der Waals surface area contributed by atoms with Crippen LogP contribution in [0, 0.1) is 15.4 Å². The fourth-order valence-corrected chi connectivity index (χ4v) is 7.04. The van der Waals surface area contributed by atoms with Gasteiger partial charge in [-0.05, 0) is 78.9 Å². The van der Waals surface area contributed by atoms with Crippen molar-refractivity contribution in [1.82, 2.24) is 4.90 Å². The van der Waals surface area contributed by atoms with E-state index in [0.29, 0.717) is 24.1 Å². The van der Waals surface area contributed by atoms with Crippen LogP contribution in [0.25, 0.3) is 5.76 Å². The molecule has 1 amide bonds. The molecule has 0 radical (unpaired) electrons. The van der Waals surface area contributed by atoms with Crippen molar-refractivity contribution < 1.29 is 34.8 Å². The number of hydrogen-bond donors (Lipinski definition) is 5. The van der Waals surface area contributed by atoms with Gasteiger partial charge in [-0.15, -0.1) is 0 Å². The molecule has 0 bridgehead atoms. The molecule has 9 nitrogen and oxygen atoms in total. The quantitative estimate of drug-likeness (QED) is 0.263. The van der Waals surface area contributed by atoms with Gasteiger partial charge in [0.15, 0.2) is 11.4 Å². The van der Waals surface area contributed by atoms with Gasteiger partial charge in [0.25, 0.3) is 5.91 Å². The summed E-state index contributed by atoms with van der Waals surface area (Å²) in [5.74, 6) is -5.99. The number of phenolic OH excluding ortho intramolecular Hbond substituents is 1. The molecule has 186 valence electrons. The predicted molar refractivity (Wildman–Crippen MR) is 133 cm³/mol. The van der Waals surface area contributed by atoms with Gasteiger partial charge in [0, 0.05) is 33.6 Å². The number of likely N-dealkylation sites (tertiary alicyclic amines) is 1. The van der Waals surface area contributed by atoms with Crippen LogP contribution < -0.4 is 5.73 Å². The molecule has 35 heavy (non-hydrogen) atoms. The summed E-state index contributed by atoms with van der Waals surface area (Å²) in [6.07, 6.45) is 3.48. The van der Waals surface area contributed by atoms with E-state index in [1.807, 2.05) is 6.07 Å². The molecule has 1 aromatic carbocycles. The second-order valence-electron chi connectivity index (χ2n) is 9.96. The van der Waals surface area contributed by atoms with Crippen molar-refractivity contribution in [3.05, 3.63) is 43.2 Å². The lowest BCUT2D eigenvalue weighted by molar-refractivity contribution is -0.147. The van der Waals surface area contributed by atoms with Crippen LogP contribution in [0.2, 0.25) is 0 Å². The van der Waals surface area contributed by atoms with Gasteiger partial charge in [-0.3, -0.25) is 19.3 Å². The van der Waals surface area contributed by atoms with Crippen molar-refractivity contribution in [2.45, 2.75) is 50.7 Å². The van der Waals surface area contributed by atoms with E-state index in [-0.39, 0.29) is 29.7 Å². The smallest absolute Gasteiger partial charge is 0.255 e. The SMILES string of the molecule is NC(=O)C1=C(O)C2(O)C(=O)C3=C(O)c4c(O)c(CN5CCCCC5)cc(I)c4CC3CC2CC1=O. The van der Waals surface area contributed by atoms with E-state index in [4.69, 9.17) is 5.73 Å². The van der Waals surface area contributed by atoms with E-state index in [1.54, 1.807) is 0 Å². The number of benzene rings is 1. The number of amides is 1. The number of aromatic hydroxyl groups is 1. The largest absolute Gasteiger partial charge is 0.508 e. The monoisotopic (exact) mass is 594 g/mol. The summed E-state index contributed by atoms with van der Waals surface area (Å²) in [6, 6.07) is 1.90. The average molecular weight is 594 g/mol. The summed E-state index contributed by atoms with van der Waals surface area (Å²) < 4.78 is 0.847. The van der Waals surface area contributed by atoms with E-state index in [2.05, 4.69) is 27.5 Å². The average Bonchev–Trinajstić information content (AvgIpc) is 2.80. The number of fused-ring (bicyclic) bond motifs is 3. The van der Waals surface area contributed by atoms with Crippen molar-refractivity contribution in [2.75, 3.05) is 13.1 Å². The van der Waals surface area contributed by atoms with Crippen molar-refractivity contribution in [3.63, 3.8) is 0 Å². The minimum Gasteiger partial charge on any atom is -0.508 e. The number of halogens is 1. The highest BCUT2D eigenvalue weighted by molar-refractivity contribution is 14.1. The number of hydrogen-bond acceptors (Lipinski definition) is 8. The van der Waals surface area contributed by atoms with Crippen molar-refractivity contribution in [3.8, 4) is 5.75 Å². The summed E-state index contributed by atoms with van der Waals surface area (Å²) in [6.45, 7) is 2.35. The van der Waals surface area contributed by atoms with Gasteiger partial charge in [-0.1, -0.05) is 6.42 Å². The number of nitrogens with two attached hydrogens (primary N) is 1. The van der Waals surface area contributed by atoms with Crippen LogP contribution in [-0.2, 0) is 27.3 Å². The van der Waals surface area contributed by atoms with E-state index in [9.17, 15) is 34.8 Å². The summed E-state index contributed by atoms with van der Waals surface area (Å²) >= 11 is 2.16. The number of piperidine rings is 1. The summed E-state index contributed by atoms with van der Waals surface area (Å²) in [4.78, 5) is 40.0. The molecule has 4 aliphatic rings. The van der Waals surface area contributed by atoms with Gasteiger partial charge in [-0.2, -0.15) is 0 Å². The van der Waals surface area contributed by atoms with Gasteiger partial charge < -0.3 is 26.2 Å². The normalized spacial score (nSPS) is 29.1. The zero-order valence-electron chi connectivity index (χ0n) is 19.0. The summed E-state index contributed by atoms with van der Waals surface area (Å²) in [5, 5.41) is 44.5. The molecule has 1 aliphatic heterocycles. The Bertz CT molecular complexity index is 1230. The Hall–Kier alpha value is -2.44. The molecule has 3 aliphatic carbocycles. The van der Waals surface area contributed by atoms with E-state index >= 15 is 0 Å². The van der Waals surface area contributed by atoms with Gasteiger partial charge in [0.1, 0.15) is 22.8 Å². The maximum atomic E-state index is 13.6. The van der Waals surface area contributed by atoms with Crippen molar-refractivity contribution in [1.29, 1.82) is 0 Å². The number of aliphatic hydroxyl groups excluding tert-OH is 2. The molecule has 10 heteroatoms. The minimum atomic E-state index is -2.54. The molecule has 2 fully saturated rings. The molecule has 1 aromatic rings. The maximum Gasteiger partial charge on any atom is 0.255 e. The van der Waals surface area contributed by atoms with Crippen LogP contribution in [0.3, 0.4) is 0 Å². The summed E-state index contributed by atoms with van der Waals surface area (Å²) in [7, 11) is 0. The number of ketones is 2. The number of carbonyl (C=O) groups excluding carboxylic acids is 3. The molecular weight excluding hydrogens is 567 g/mol. The second-order valence-corrected chi connectivity index (χ2v) is 11.1. The van der Waals surface area contributed by atoms with Gasteiger partial charge in [0.05, 0.1) is 5.56 Å². The van der Waals surface area contributed by atoms with Crippen molar-refractivity contribution in [2.24, 2.45) is 17.6 Å². The number of nitrogens with zero attached hydrogens (tertiary/aromatic N) is 1. The Labute approximate surface area is 215 Å². The maximum absolute atomic E-state index is 13.6. The van der Waals surface area contributed by atoms with Crippen LogP contribution >= 0.6 is 22.6 Å². The zero-order valence-corrected chi connectivity index (χ0v) is 21.2. The lowest BCUT2D eigenvalue weighted by Crippen LogP contribution is -2.58.